The Kier molecular flexibility index (Phi) is 14.7. The second-order valence-electron chi connectivity index (χ2n) is 13.3. The van der Waals surface area contributed by atoms with Gasteiger partial charge in [-0.3, -0.25) is 14.5 Å². The Hall–Kier alpha value is -4.66. The van der Waals surface area contributed by atoms with Gasteiger partial charge in [-0.2, -0.15) is 0 Å². The molecule has 0 bridgehead atoms. The molecule has 0 unspecified atom stereocenters. The van der Waals surface area contributed by atoms with Crippen molar-refractivity contribution in [1.82, 2.24) is 20.9 Å². The molecule has 3 N–H and O–H groups in total. The third kappa shape index (κ3) is 12.7. The minimum atomic E-state index is -0.736. The molecule has 0 heterocycles. The van der Waals surface area contributed by atoms with E-state index in [-0.39, 0.29) is 11.8 Å². The zero-order valence-corrected chi connectivity index (χ0v) is 29.7. The molecular weight excluding hydrogens is 610 g/mol. The highest BCUT2D eigenvalue weighted by Gasteiger charge is 2.29. The molecule has 0 spiro atoms. The molecule has 49 heavy (non-hydrogen) atoms. The molecule has 4 rings (SSSR count). The smallest absolute Gasteiger partial charge is 0.242 e. The van der Waals surface area contributed by atoms with Crippen LogP contribution >= 0.6 is 0 Å². The molecule has 4 aromatic rings. The van der Waals surface area contributed by atoms with Crippen LogP contribution in [0.5, 0.6) is 5.75 Å². The van der Waals surface area contributed by atoms with Crippen molar-refractivity contribution in [3.05, 3.63) is 131 Å². The molecule has 4 aromatic carbocycles. The summed E-state index contributed by atoms with van der Waals surface area (Å²) in [5.74, 6) is 0.691. The molecule has 0 saturated carbocycles. The highest BCUT2D eigenvalue weighted by molar-refractivity contribution is 5.90. The molecule has 2 amide bonds. The number of benzene rings is 4. The maximum Gasteiger partial charge on any atom is 0.242 e. The summed E-state index contributed by atoms with van der Waals surface area (Å²) < 4.78 is 5.97. The van der Waals surface area contributed by atoms with Gasteiger partial charge in [0.1, 0.15) is 18.4 Å². The maximum atomic E-state index is 14.0. The Balaban J connectivity index is 1.42. The van der Waals surface area contributed by atoms with Crippen LogP contribution < -0.4 is 25.6 Å². The van der Waals surface area contributed by atoms with Crippen LogP contribution in [0.3, 0.4) is 0 Å². The number of rotatable bonds is 19. The van der Waals surface area contributed by atoms with Crippen molar-refractivity contribution >= 4 is 17.5 Å². The largest absolute Gasteiger partial charge is 0.489 e. The van der Waals surface area contributed by atoms with Gasteiger partial charge < -0.3 is 25.6 Å². The average Bonchev–Trinajstić information content (AvgIpc) is 3.10. The van der Waals surface area contributed by atoms with Crippen LogP contribution in [0.15, 0.2) is 109 Å². The quantitative estimate of drug-likeness (QED) is 0.110. The fourth-order valence-corrected chi connectivity index (χ4v) is 5.63. The number of carbonyl (C=O) groups excluding carboxylic acids is 2. The van der Waals surface area contributed by atoms with E-state index in [1.807, 2.05) is 93.9 Å². The standard InChI is InChI=1S/C41H53N5O3/c1-31(2)26-39(46(5)29-34-16-20-36(21-17-34)45(3)4)41(48)44-38(40(47)43-25-24-42-28-33-12-8-6-9-13-33)27-32-18-22-37(23-19-32)49-30-35-14-10-7-11-15-35/h6-23,31,38-39,42H,24-30H2,1-5H3,(H,43,47)(H,44,48)/t38-,39+/m0/s1. The van der Waals surface area contributed by atoms with E-state index >= 15 is 0 Å². The van der Waals surface area contributed by atoms with E-state index in [0.29, 0.717) is 45.0 Å². The molecule has 0 fully saturated rings. The second-order valence-corrected chi connectivity index (χ2v) is 13.3. The molecule has 8 nitrogen and oxygen atoms in total. The number of anilines is 1. The van der Waals surface area contributed by atoms with E-state index in [9.17, 15) is 9.59 Å². The van der Waals surface area contributed by atoms with Gasteiger partial charge in [-0.05, 0) is 65.9 Å². The van der Waals surface area contributed by atoms with Gasteiger partial charge in [0.05, 0.1) is 6.04 Å². The monoisotopic (exact) mass is 663 g/mol. The van der Waals surface area contributed by atoms with Gasteiger partial charge in [0.15, 0.2) is 0 Å². The lowest BCUT2D eigenvalue weighted by Gasteiger charge is -2.30. The predicted molar refractivity (Wildman–Crippen MR) is 199 cm³/mol. The summed E-state index contributed by atoms with van der Waals surface area (Å²) in [6, 6.07) is 35.2. The molecule has 0 radical (unpaired) electrons. The van der Waals surface area contributed by atoms with Crippen molar-refractivity contribution < 1.29 is 14.3 Å². The fourth-order valence-electron chi connectivity index (χ4n) is 5.63. The normalized spacial score (nSPS) is 12.4. The first-order valence-electron chi connectivity index (χ1n) is 17.2. The number of hydrogen-bond acceptors (Lipinski definition) is 6. The van der Waals surface area contributed by atoms with Crippen LogP contribution in [-0.2, 0) is 35.7 Å². The van der Waals surface area contributed by atoms with Gasteiger partial charge >= 0.3 is 0 Å². The van der Waals surface area contributed by atoms with Gasteiger partial charge in [0.2, 0.25) is 11.8 Å². The topological polar surface area (TPSA) is 85.9 Å². The lowest BCUT2D eigenvalue weighted by Crippen LogP contribution is -2.54. The van der Waals surface area contributed by atoms with Gasteiger partial charge in [0.25, 0.3) is 0 Å². The van der Waals surface area contributed by atoms with Crippen molar-refractivity contribution in [3.63, 3.8) is 0 Å². The fraction of sp³-hybridized carbons (Fsp3) is 0.366. The number of likely N-dealkylation sites (N-methyl/N-ethyl adjacent to an activating group) is 1. The van der Waals surface area contributed by atoms with Crippen LogP contribution in [0, 0.1) is 5.92 Å². The van der Waals surface area contributed by atoms with E-state index in [1.165, 1.54) is 5.56 Å². The Labute approximate surface area is 292 Å². The van der Waals surface area contributed by atoms with E-state index in [1.54, 1.807) is 0 Å². The number of amides is 2. The number of nitrogens with one attached hydrogen (secondary N) is 3. The summed E-state index contributed by atoms with van der Waals surface area (Å²) >= 11 is 0. The highest BCUT2D eigenvalue weighted by atomic mass is 16.5. The number of ether oxygens (including phenoxy) is 1. The van der Waals surface area contributed by atoms with E-state index in [2.05, 4.69) is 76.0 Å². The minimum absolute atomic E-state index is 0.147. The predicted octanol–water partition coefficient (Wildman–Crippen LogP) is 5.81. The molecule has 8 heteroatoms. The molecule has 0 aliphatic carbocycles. The molecule has 0 aliphatic rings. The summed E-state index contributed by atoms with van der Waals surface area (Å²) in [4.78, 5) is 31.8. The molecular formula is C41H53N5O3. The van der Waals surface area contributed by atoms with Gasteiger partial charge in [-0.15, -0.1) is 0 Å². The van der Waals surface area contributed by atoms with Crippen LogP contribution in [0.4, 0.5) is 5.69 Å². The maximum absolute atomic E-state index is 14.0. The van der Waals surface area contributed by atoms with E-state index < -0.39 is 12.1 Å². The molecule has 260 valence electrons. The Morgan fingerprint density at radius 3 is 1.92 bits per heavy atom. The van der Waals surface area contributed by atoms with Gasteiger partial charge in [-0.25, -0.2) is 0 Å². The van der Waals surface area contributed by atoms with Gasteiger partial charge in [-0.1, -0.05) is 98.8 Å². The number of nitrogens with zero attached hydrogens (tertiary/aromatic N) is 2. The molecule has 0 aliphatic heterocycles. The lowest BCUT2D eigenvalue weighted by molar-refractivity contribution is -0.132. The zero-order valence-electron chi connectivity index (χ0n) is 29.7. The van der Waals surface area contributed by atoms with Crippen LogP contribution in [0.1, 0.15) is 42.5 Å². The van der Waals surface area contributed by atoms with Crippen LogP contribution in [0.2, 0.25) is 0 Å². The van der Waals surface area contributed by atoms with Crippen LogP contribution in [-0.4, -0.2) is 63.0 Å². The molecule has 2 atom stereocenters. The van der Waals surface area contributed by atoms with Crippen molar-refractivity contribution in [2.24, 2.45) is 5.92 Å². The summed E-state index contributed by atoms with van der Waals surface area (Å²) in [7, 11) is 6.02. The van der Waals surface area contributed by atoms with Crippen molar-refractivity contribution in [3.8, 4) is 5.75 Å². The van der Waals surface area contributed by atoms with E-state index in [4.69, 9.17) is 4.74 Å². The SMILES string of the molecule is CC(C)C[C@H](C(=O)N[C@@H](Cc1ccc(OCc2ccccc2)cc1)C(=O)NCCNCc1ccccc1)N(C)Cc1ccc(N(C)C)cc1. The Morgan fingerprint density at radius 2 is 1.31 bits per heavy atom. The third-order valence-corrected chi connectivity index (χ3v) is 8.43. The third-order valence-electron chi connectivity index (χ3n) is 8.43. The summed E-state index contributed by atoms with van der Waals surface area (Å²) in [5.41, 5.74) is 5.47. The summed E-state index contributed by atoms with van der Waals surface area (Å²) in [6.07, 6.45) is 1.03. The van der Waals surface area contributed by atoms with Crippen LogP contribution in [0.25, 0.3) is 0 Å². The summed E-state index contributed by atoms with van der Waals surface area (Å²) in [6.45, 7) is 7.11. The Bertz CT molecular complexity index is 1540. The first kappa shape index (κ1) is 37.2. The minimum Gasteiger partial charge on any atom is -0.489 e. The summed E-state index contributed by atoms with van der Waals surface area (Å²) in [5, 5.41) is 9.57. The second kappa shape index (κ2) is 19.4. The first-order chi connectivity index (χ1) is 23.7. The lowest BCUT2D eigenvalue weighted by atomic mass is 9.99. The number of carbonyl (C=O) groups is 2. The average molecular weight is 664 g/mol. The van der Waals surface area contributed by atoms with Crippen molar-refractivity contribution in [2.75, 3.05) is 39.1 Å². The highest BCUT2D eigenvalue weighted by Crippen LogP contribution is 2.19. The van der Waals surface area contributed by atoms with Crippen molar-refractivity contribution in [2.45, 2.75) is 58.5 Å². The molecule has 0 aromatic heterocycles. The van der Waals surface area contributed by atoms with E-state index in [0.717, 1.165) is 34.7 Å². The number of hydrogen-bond donors (Lipinski definition) is 3. The first-order valence-corrected chi connectivity index (χ1v) is 17.2. The van der Waals surface area contributed by atoms with Crippen molar-refractivity contribution in [1.29, 1.82) is 0 Å². The molecule has 0 saturated heterocycles. The zero-order chi connectivity index (χ0) is 35.0. The van der Waals surface area contributed by atoms with Gasteiger partial charge in [0, 0.05) is 52.4 Å². The Morgan fingerprint density at radius 1 is 0.694 bits per heavy atom.